The van der Waals surface area contributed by atoms with E-state index in [-0.39, 0.29) is 18.8 Å². The van der Waals surface area contributed by atoms with Crippen LogP contribution in [0.4, 0.5) is 0 Å². The van der Waals surface area contributed by atoms with Crippen molar-refractivity contribution >= 4 is 0 Å². The molecule has 1 heterocycles. The summed E-state index contributed by atoms with van der Waals surface area (Å²) in [6, 6.07) is 0.170. The molecule has 1 saturated heterocycles. The molecule has 0 spiro atoms. The van der Waals surface area contributed by atoms with E-state index in [1.807, 2.05) is 7.05 Å². The normalized spacial score (nSPS) is 36.3. The highest BCUT2D eigenvalue weighted by Gasteiger charge is 2.23. The van der Waals surface area contributed by atoms with Gasteiger partial charge in [0, 0.05) is 12.6 Å². The molecular weight excluding hydrogens is 130 g/mol. The lowest BCUT2D eigenvalue weighted by molar-refractivity contribution is 0.0307. The van der Waals surface area contributed by atoms with Crippen LogP contribution in [0.2, 0.25) is 0 Å². The fraction of sp³-hybridized carbons (Fsp3) is 1.00. The van der Waals surface area contributed by atoms with Crippen LogP contribution in [-0.4, -0.2) is 47.5 Å². The van der Waals surface area contributed by atoms with E-state index in [0.29, 0.717) is 6.42 Å². The SMILES string of the molecule is CN1CC[C@@H](O)C[C@H]1CO. The maximum atomic E-state index is 9.19. The van der Waals surface area contributed by atoms with Gasteiger partial charge in [-0.1, -0.05) is 0 Å². The van der Waals surface area contributed by atoms with Crippen LogP contribution >= 0.6 is 0 Å². The average Bonchev–Trinajstić information content (AvgIpc) is 1.94. The third kappa shape index (κ3) is 1.68. The number of aliphatic hydroxyl groups is 2. The Morgan fingerprint density at radius 3 is 2.80 bits per heavy atom. The number of likely N-dealkylation sites (tertiary alicyclic amines) is 1. The summed E-state index contributed by atoms with van der Waals surface area (Å²) in [6.45, 7) is 1.06. The zero-order valence-corrected chi connectivity index (χ0v) is 6.32. The second kappa shape index (κ2) is 3.32. The molecule has 0 radical (unpaired) electrons. The largest absolute Gasteiger partial charge is 0.395 e. The molecule has 0 aromatic heterocycles. The van der Waals surface area contributed by atoms with E-state index in [2.05, 4.69) is 4.90 Å². The monoisotopic (exact) mass is 145 g/mol. The van der Waals surface area contributed by atoms with Gasteiger partial charge >= 0.3 is 0 Å². The molecule has 2 atom stereocenters. The zero-order chi connectivity index (χ0) is 7.56. The molecule has 60 valence electrons. The summed E-state index contributed by atoms with van der Waals surface area (Å²) < 4.78 is 0. The van der Waals surface area contributed by atoms with Crippen molar-refractivity contribution in [2.45, 2.75) is 25.0 Å². The Morgan fingerprint density at radius 2 is 2.30 bits per heavy atom. The number of rotatable bonds is 1. The lowest BCUT2D eigenvalue weighted by Crippen LogP contribution is -2.43. The third-order valence-corrected chi connectivity index (χ3v) is 2.19. The molecule has 0 amide bonds. The first-order valence-electron chi connectivity index (χ1n) is 3.73. The Hall–Kier alpha value is -0.120. The van der Waals surface area contributed by atoms with Gasteiger partial charge in [0.25, 0.3) is 0 Å². The summed E-state index contributed by atoms with van der Waals surface area (Å²) in [6.07, 6.45) is 1.35. The highest BCUT2D eigenvalue weighted by molar-refractivity contribution is 4.78. The molecule has 2 N–H and O–H groups in total. The smallest absolute Gasteiger partial charge is 0.0587 e. The van der Waals surface area contributed by atoms with Crippen LogP contribution in [0.1, 0.15) is 12.8 Å². The Morgan fingerprint density at radius 1 is 1.60 bits per heavy atom. The van der Waals surface area contributed by atoms with Crippen molar-refractivity contribution in [3.05, 3.63) is 0 Å². The Balaban J connectivity index is 2.38. The van der Waals surface area contributed by atoms with Gasteiger partial charge in [0.05, 0.1) is 12.7 Å². The minimum absolute atomic E-state index is 0.160. The summed E-state index contributed by atoms with van der Waals surface area (Å²) in [5, 5.41) is 18.0. The van der Waals surface area contributed by atoms with Crippen molar-refractivity contribution in [3.63, 3.8) is 0 Å². The molecule has 1 rings (SSSR count). The number of hydrogen-bond donors (Lipinski definition) is 2. The Bertz CT molecular complexity index is 108. The van der Waals surface area contributed by atoms with Crippen molar-refractivity contribution in [1.29, 1.82) is 0 Å². The maximum Gasteiger partial charge on any atom is 0.0587 e. The van der Waals surface area contributed by atoms with E-state index in [4.69, 9.17) is 5.11 Å². The van der Waals surface area contributed by atoms with E-state index < -0.39 is 0 Å². The minimum atomic E-state index is -0.201. The molecule has 3 nitrogen and oxygen atoms in total. The molecule has 1 aliphatic rings. The standard InChI is InChI=1S/C7H15NO2/c1-8-3-2-7(10)4-6(8)5-9/h6-7,9-10H,2-5H2,1H3/t6-,7+/m0/s1. The molecule has 3 heteroatoms. The number of nitrogens with zero attached hydrogens (tertiary/aromatic N) is 1. The van der Waals surface area contributed by atoms with E-state index in [0.717, 1.165) is 13.0 Å². The van der Waals surface area contributed by atoms with Crippen LogP contribution in [-0.2, 0) is 0 Å². The molecule has 0 aromatic rings. The molecule has 0 unspecified atom stereocenters. The summed E-state index contributed by atoms with van der Waals surface area (Å²) in [5.74, 6) is 0. The van der Waals surface area contributed by atoms with Crippen LogP contribution < -0.4 is 0 Å². The van der Waals surface area contributed by atoms with Gasteiger partial charge in [-0.15, -0.1) is 0 Å². The van der Waals surface area contributed by atoms with Gasteiger partial charge in [-0.25, -0.2) is 0 Å². The summed E-state index contributed by atoms with van der Waals surface area (Å²) in [7, 11) is 1.98. The Kier molecular flexibility index (Phi) is 2.65. The molecule has 10 heavy (non-hydrogen) atoms. The first-order chi connectivity index (χ1) is 4.74. The molecular formula is C7H15NO2. The fourth-order valence-electron chi connectivity index (χ4n) is 1.36. The second-order valence-electron chi connectivity index (χ2n) is 3.00. The second-order valence-corrected chi connectivity index (χ2v) is 3.00. The highest BCUT2D eigenvalue weighted by atomic mass is 16.3. The topological polar surface area (TPSA) is 43.7 Å². The first-order valence-corrected chi connectivity index (χ1v) is 3.73. The van der Waals surface area contributed by atoms with Crippen LogP contribution in [0.3, 0.4) is 0 Å². The van der Waals surface area contributed by atoms with Crippen molar-refractivity contribution in [2.75, 3.05) is 20.2 Å². The average molecular weight is 145 g/mol. The third-order valence-electron chi connectivity index (χ3n) is 2.19. The number of hydrogen-bond acceptors (Lipinski definition) is 3. The summed E-state index contributed by atoms with van der Waals surface area (Å²) in [5.41, 5.74) is 0. The lowest BCUT2D eigenvalue weighted by atomic mass is 10.0. The summed E-state index contributed by atoms with van der Waals surface area (Å²) in [4.78, 5) is 2.09. The van der Waals surface area contributed by atoms with Crippen molar-refractivity contribution < 1.29 is 10.2 Å². The maximum absolute atomic E-state index is 9.19. The molecule has 0 aliphatic carbocycles. The van der Waals surface area contributed by atoms with Gasteiger partial charge in [-0.05, 0) is 19.9 Å². The number of aliphatic hydroxyl groups excluding tert-OH is 2. The molecule has 0 saturated carbocycles. The van der Waals surface area contributed by atoms with Crippen molar-refractivity contribution in [1.82, 2.24) is 4.90 Å². The van der Waals surface area contributed by atoms with E-state index in [1.165, 1.54) is 0 Å². The number of piperidine rings is 1. The zero-order valence-electron chi connectivity index (χ0n) is 6.32. The van der Waals surface area contributed by atoms with Gasteiger partial charge < -0.3 is 15.1 Å². The van der Waals surface area contributed by atoms with E-state index in [9.17, 15) is 5.11 Å². The van der Waals surface area contributed by atoms with Gasteiger partial charge in [-0.3, -0.25) is 0 Å². The molecule has 1 aliphatic heterocycles. The molecule has 0 bridgehead atoms. The lowest BCUT2D eigenvalue weighted by Gasteiger charge is -2.33. The van der Waals surface area contributed by atoms with Crippen LogP contribution in [0.25, 0.3) is 0 Å². The summed E-state index contributed by atoms with van der Waals surface area (Å²) >= 11 is 0. The van der Waals surface area contributed by atoms with E-state index in [1.54, 1.807) is 0 Å². The minimum Gasteiger partial charge on any atom is -0.395 e. The molecule has 0 aromatic carbocycles. The van der Waals surface area contributed by atoms with Crippen LogP contribution in [0.15, 0.2) is 0 Å². The van der Waals surface area contributed by atoms with Gasteiger partial charge in [0.1, 0.15) is 0 Å². The Labute approximate surface area is 61.3 Å². The van der Waals surface area contributed by atoms with Crippen LogP contribution in [0.5, 0.6) is 0 Å². The van der Waals surface area contributed by atoms with Gasteiger partial charge in [0.15, 0.2) is 0 Å². The van der Waals surface area contributed by atoms with Crippen LogP contribution in [0, 0.1) is 0 Å². The predicted octanol–water partition coefficient (Wildman–Crippen LogP) is -0.566. The van der Waals surface area contributed by atoms with Crippen molar-refractivity contribution in [2.24, 2.45) is 0 Å². The van der Waals surface area contributed by atoms with Crippen molar-refractivity contribution in [3.8, 4) is 0 Å². The quantitative estimate of drug-likeness (QED) is 0.519. The van der Waals surface area contributed by atoms with Gasteiger partial charge in [0.2, 0.25) is 0 Å². The van der Waals surface area contributed by atoms with E-state index >= 15 is 0 Å². The number of likely N-dealkylation sites (N-methyl/N-ethyl adjacent to an activating group) is 1. The first kappa shape index (κ1) is 7.98. The van der Waals surface area contributed by atoms with Gasteiger partial charge in [-0.2, -0.15) is 0 Å². The fourth-order valence-corrected chi connectivity index (χ4v) is 1.36. The highest BCUT2D eigenvalue weighted by Crippen LogP contribution is 2.14. The predicted molar refractivity (Wildman–Crippen MR) is 38.7 cm³/mol. The molecule has 1 fully saturated rings.